The van der Waals surface area contributed by atoms with E-state index in [1.165, 1.54) is 0 Å². The van der Waals surface area contributed by atoms with Crippen LogP contribution in [0.5, 0.6) is 0 Å². The van der Waals surface area contributed by atoms with Crippen molar-refractivity contribution < 1.29 is 0 Å². The van der Waals surface area contributed by atoms with E-state index in [1.54, 1.807) is 4.68 Å². The van der Waals surface area contributed by atoms with E-state index in [1.807, 2.05) is 32.2 Å². The molecule has 6 heteroatoms. The van der Waals surface area contributed by atoms with Crippen molar-refractivity contribution in [1.82, 2.24) is 9.78 Å². The number of halogens is 3. The Bertz CT molecular complexity index is 625. The number of aryl methyl sites for hydroxylation is 2. The van der Waals surface area contributed by atoms with Crippen LogP contribution in [0.4, 0.5) is 0 Å². The Morgan fingerprint density at radius 2 is 2.10 bits per heavy atom. The molecular formula is C14H16BrCl2N3. The van der Waals surface area contributed by atoms with E-state index in [4.69, 9.17) is 28.9 Å². The van der Waals surface area contributed by atoms with Gasteiger partial charge in [-0.25, -0.2) is 0 Å². The molecule has 0 aliphatic rings. The van der Waals surface area contributed by atoms with Gasteiger partial charge in [-0.1, -0.05) is 52.1 Å². The normalized spacial score (nSPS) is 12.7. The molecule has 1 atom stereocenters. The number of benzene rings is 1. The first-order valence-electron chi connectivity index (χ1n) is 6.34. The van der Waals surface area contributed by atoms with Crippen LogP contribution in [-0.2, 0) is 19.9 Å². The van der Waals surface area contributed by atoms with Gasteiger partial charge in [-0.05, 0) is 24.1 Å². The number of nitrogens with two attached hydrogens (primary N) is 1. The van der Waals surface area contributed by atoms with Crippen molar-refractivity contribution in [1.29, 1.82) is 0 Å². The minimum absolute atomic E-state index is 0.215. The Morgan fingerprint density at radius 1 is 1.40 bits per heavy atom. The third kappa shape index (κ3) is 3.19. The van der Waals surface area contributed by atoms with Crippen LogP contribution in [0.25, 0.3) is 0 Å². The lowest BCUT2D eigenvalue weighted by Gasteiger charge is -2.14. The summed E-state index contributed by atoms with van der Waals surface area (Å²) in [4.78, 5) is 0. The maximum atomic E-state index is 6.35. The maximum Gasteiger partial charge on any atom is 0.0850 e. The van der Waals surface area contributed by atoms with Crippen molar-refractivity contribution in [3.8, 4) is 0 Å². The molecule has 1 aromatic carbocycles. The zero-order chi connectivity index (χ0) is 14.9. The molecule has 2 rings (SSSR count). The number of hydrogen-bond acceptors (Lipinski definition) is 2. The van der Waals surface area contributed by atoms with Crippen LogP contribution in [0.15, 0.2) is 22.7 Å². The molecule has 2 N–H and O–H groups in total. The molecule has 0 amide bonds. The van der Waals surface area contributed by atoms with Crippen molar-refractivity contribution in [2.45, 2.75) is 25.8 Å². The molecule has 1 aromatic heterocycles. The summed E-state index contributed by atoms with van der Waals surface area (Å²) in [6.45, 7) is 2.03. The first-order valence-corrected chi connectivity index (χ1v) is 7.89. The summed E-state index contributed by atoms with van der Waals surface area (Å²) in [5, 5.41) is 5.76. The second-order valence-corrected chi connectivity index (χ2v) is 6.36. The van der Waals surface area contributed by atoms with Crippen LogP contribution < -0.4 is 5.73 Å². The Kier molecular flexibility index (Phi) is 5.13. The van der Waals surface area contributed by atoms with Crippen LogP contribution in [0.1, 0.15) is 29.9 Å². The molecule has 0 radical (unpaired) electrons. The zero-order valence-electron chi connectivity index (χ0n) is 11.3. The fourth-order valence-corrected chi connectivity index (χ4v) is 3.35. The van der Waals surface area contributed by atoms with Crippen LogP contribution in [0, 0.1) is 0 Å². The third-order valence-electron chi connectivity index (χ3n) is 3.28. The summed E-state index contributed by atoms with van der Waals surface area (Å²) in [6, 6.07) is 5.50. The van der Waals surface area contributed by atoms with E-state index >= 15 is 0 Å². The molecule has 0 saturated heterocycles. The van der Waals surface area contributed by atoms with E-state index in [9.17, 15) is 0 Å². The Labute approximate surface area is 137 Å². The highest BCUT2D eigenvalue weighted by Gasteiger charge is 2.18. The minimum atomic E-state index is -0.215. The van der Waals surface area contributed by atoms with Crippen LogP contribution >= 0.6 is 39.1 Å². The van der Waals surface area contributed by atoms with Gasteiger partial charge in [0.25, 0.3) is 0 Å². The average Bonchev–Trinajstić information content (AvgIpc) is 2.66. The second-order valence-electron chi connectivity index (χ2n) is 4.66. The summed E-state index contributed by atoms with van der Waals surface area (Å²) in [6.07, 6.45) is 1.41. The molecule has 0 saturated carbocycles. The molecule has 0 spiro atoms. The van der Waals surface area contributed by atoms with E-state index in [0.29, 0.717) is 16.5 Å². The second kappa shape index (κ2) is 6.48. The molecule has 108 valence electrons. The van der Waals surface area contributed by atoms with Crippen molar-refractivity contribution in [2.24, 2.45) is 12.8 Å². The molecule has 1 unspecified atom stereocenters. The van der Waals surface area contributed by atoms with Gasteiger partial charge in [0.2, 0.25) is 0 Å². The summed E-state index contributed by atoms with van der Waals surface area (Å²) in [7, 11) is 1.89. The van der Waals surface area contributed by atoms with Gasteiger partial charge in [-0.3, -0.25) is 4.68 Å². The highest BCUT2D eigenvalue weighted by Crippen LogP contribution is 2.30. The van der Waals surface area contributed by atoms with Gasteiger partial charge in [-0.2, -0.15) is 5.10 Å². The van der Waals surface area contributed by atoms with Gasteiger partial charge in [-0.15, -0.1) is 0 Å². The first-order chi connectivity index (χ1) is 9.43. The smallest absolute Gasteiger partial charge is 0.0850 e. The number of hydrogen-bond donors (Lipinski definition) is 1. The van der Waals surface area contributed by atoms with Gasteiger partial charge in [0.15, 0.2) is 0 Å². The van der Waals surface area contributed by atoms with Crippen LogP contribution in [0.2, 0.25) is 10.0 Å². The summed E-state index contributed by atoms with van der Waals surface area (Å²) >= 11 is 16.0. The molecule has 0 fully saturated rings. The van der Waals surface area contributed by atoms with E-state index in [2.05, 4.69) is 21.0 Å². The van der Waals surface area contributed by atoms with Crippen LogP contribution in [0.3, 0.4) is 0 Å². The van der Waals surface area contributed by atoms with Crippen molar-refractivity contribution in [2.75, 3.05) is 0 Å². The number of nitrogens with zero attached hydrogens (tertiary/aromatic N) is 2. The van der Waals surface area contributed by atoms with Crippen LogP contribution in [-0.4, -0.2) is 9.78 Å². The molecule has 0 bridgehead atoms. The predicted molar refractivity (Wildman–Crippen MR) is 87.4 cm³/mol. The third-order valence-corrected chi connectivity index (χ3v) is 4.54. The summed E-state index contributed by atoms with van der Waals surface area (Å²) in [5.74, 6) is 0. The SMILES string of the molecule is CCc1nn(C)c(CC(N)c2ccc(Br)cc2Cl)c1Cl. The van der Waals surface area contributed by atoms with Crippen molar-refractivity contribution >= 4 is 39.1 Å². The largest absolute Gasteiger partial charge is 0.324 e. The highest BCUT2D eigenvalue weighted by molar-refractivity contribution is 9.10. The molecule has 0 aliphatic heterocycles. The molecule has 3 nitrogen and oxygen atoms in total. The van der Waals surface area contributed by atoms with E-state index in [0.717, 1.165) is 27.8 Å². The van der Waals surface area contributed by atoms with E-state index < -0.39 is 0 Å². The molecule has 20 heavy (non-hydrogen) atoms. The summed E-state index contributed by atoms with van der Waals surface area (Å²) in [5.41, 5.74) is 9.02. The van der Waals surface area contributed by atoms with E-state index in [-0.39, 0.29) is 6.04 Å². The number of aromatic nitrogens is 2. The molecule has 2 aromatic rings. The zero-order valence-corrected chi connectivity index (χ0v) is 14.4. The molecule has 0 aliphatic carbocycles. The van der Waals surface area contributed by atoms with Crippen molar-refractivity contribution in [3.05, 3.63) is 49.7 Å². The van der Waals surface area contributed by atoms with Gasteiger partial charge < -0.3 is 5.73 Å². The standard InChI is InChI=1S/C14H16BrCl2N3/c1-3-12-14(17)13(20(2)19-12)7-11(18)9-5-4-8(15)6-10(9)16/h4-6,11H,3,7,18H2,1-2H3. The maximum absolute atomic E-state index is 6.35. The Hall–Kier alpha value is -0.550. The molecular weight excluding hydrogens is 361 g/mol. The first kappa shape index (κ1) is 15.8. The predicted octanol–water partition coefficient (Wildman–Crippen LogP) is 4.29. The van der Waals surface area contributed by atoms with Crippen molar-refractivity contribution in [3.63, 3.8) is 0 Å². The average molecular weight is 377 g/mol. The highest BCUT2D eigenvalue weighted by atomic mass is 79.9. The quantitative estimate of drug-likeness (QED) is 0.864. The lowest BCUT2D eigenvalue weighted by molar-refractivity contribution is 0.638. The summed E-state index contributed by atoms with van der Waals surface area (Å²) < 4.78 is 2.73. The Balaban J connectivity index is 2.27. The lowest BCUT2D eigenvalue weighted by Crippen LogP contribution is -2.16. The fraction of sp³-hybridized carbons (Fsp3) is 0.357. The fourth-order valence-electron chi connectivity index (χ4n) is 2.16. The molecule has 1 heterocycles. The number of rotatable bonds is 4. The monoisotopic (exact) mass is 375 g/mol. The lowest BCUT2D eigenvalue weighted by atomic mass is 10.0. The Morgan fingerprint density at radius 3 is 2.65 bits per heavy atom. The van der Waals surface area contributed by atoms with Gasteiger partial charge in [0, 0.05) is 29.0 Å². The van der Waals surface area contributed by atoms with Gasteiger partial charge in [0.05, 0.1) is 16.4 Å². The van der Waals surface area contributed by atoms with Gasteiger partial charge >= 0.3 is 0 Å². The topological polar surface area (TPSA) is 43.8 Å². The minimum Gasteiger partial charge on any atom is -0.324 e. The van der Waals surface area contributed by atoms with Gasteiger partial charge in [0.1, 0.15) is 0 Å².